The molecular weight excluding hydrogens is 316 g/mol. The SMILES string of the molecule is O=C(Cc1coc(-c2ccccc2)n1)NC1COc2ccccc2C1. The van der Waals surface area contributed by atoms with Crippen LogP contribution in [0.15, 0.2) is 65.3 Å². The first-order valence-electron chi connectivity index (χ1n) is 8.28. The van der Waals surface area contributed by atoms with Crippen LogP contribution in [0.2, 0.25) is 0 Å². The summed E-state index contributed by atoms with van der Waals surface area (Å²) in [6, 6.07) is 17.5. The summed E-state index contributed by atoms with van der Waals surface area (Å²) < 4.78 is 11.2. The molecule has 2 heterocycles. The van der Waals surface area contributed by atoms with Crippen molar-refractivity contribution in [2.75, 3.05) is 6.61 Å². The Morgan fingerprint density at radius 3 is 2.80 bits per heavy atom. The molecule has 25 heavy (non-hydrogen) atoms. The Hall–Kier alpha value is -3.08. The van der Waals surface area contributed by atoms with E-state index >= 15 is 0 Å². The molecule has 0 saturated carbocycles. The molecule has 0 radical (unpaired) electrons. The van der Waals surface area contributed by atoms with E-state index in [1.54, 1.807) is 0 Å². The zero-order chi connectivity index (χ0) is 17.1. The average molecular weight is 334 g/mol. The van der Waals surface area contributed by atoms with Crippen LogP contribution in [0.4, 0.5) is 0 Å². The number of hydrogen-bond acceptors (Lipinski definition) is 4. The number of benzene rings is 2. The Bertz CT molecular complexity index is 873. The maximum Gasteiger partial charge on any atom is 0.226 e. The molecule has 1 unspecified atom stereocenters. The average Bonchev–Trinajstić information content (AvgIpc) is 3.10. The van der Waals surface area contributed by atoms with Crippen LogP contribution in [0.25, 0.3) is 11.5 Å². The van der Waals surface area contributed by atoms with E-state index in [0.717, 1.165) is 23.3 Å². The van der Waals surface area contributed by atoms with Crippen molar-refractivity contribution in [3.8, 4) is 17.2 Å². The topological polar surface area (TPSA) is 64.4 Å². The molecule has 0 aliphatic carbocycles. The number of nitrogens with zero attached hydrogens (tertiary/aromatic N) is 1. The number of carbonyl (C=O) groups excluding carboxylic acids is 1. The molecule has 1 aromatic heterocycles. The van der Waals surface area contributed by atoms with Crippen LogP contribution in [0, 0.1) is 0 Å². The van der Waals surface area contributed by atoms with Gasteiger partial charge in [-0.25, -0.2) is 4.98 Å². The summed E-state index contributed by atoms with van der Waals surface area (Å²) in [7, 11) is 0. The molecule has 126 valence electrons. The highest BCUT2D eigenvalue weighted by Gasteiger charge is 2.21. The number of carbonyl (C=O) groups is 1. The van der Waals surface area contributed by atoms with Crippen molar-refractivity contribution in [1.82, 2.24) is 10.3 Å². The fourth-order valence-corrected chi connectivity index (χ4v) is 2.97. The summed E-state index contributed by atoms with van der Waals surface area (Å²) in [5.74, 6) is 1.34. The molecule has 2 aromatic carbocycles. The number of fused-ring (bicyclic) bond motifs is 1. The van der Waals surface area contributed by atoms with Crippen molar-refractivity contribution in [2.24, 2.45) is 0 Å². The van der Waals surface area contributed by atoms with Gasteiger partial charge in [0.25, 0.3) is 0 Å². The first kappa shape index (κ1) is 15.4. The van der Waals surface area contributed by atoms with Crippen molar-refractivity contribution in [2.45, 2.75) is 18.9 Å². The maximum absolute atomic E-state index is 12.3. The second-order valence-corrected chi connectivity index (χ2v) is 6.07. The maximum atomic E-state index is 12.3. The van der Waals surface area contributed by atoms with Crippen LogP contribution < -0.4 is 10.1 Å². The number of aromatic nitrogens is 1. The summed E-state index contributed by atoms with van der Waals surface area (Å²) in [6.07, 6.45) is 2.50. The molecule has 0 bridgehead atoms. The van der Waals surface area contributed by atoms with Gasteiger partial charge < -0.3 is 14.5 Å². The Morgan fingerprint density at radius 2 is 1.92 bits per heavy atom. The molecule has 4 rings (SSSR count). The van der Waals surface area contributed by atoms with Gasteiger partial charge in [0, 0.05) is 5.56 Å². The molecule has 1 N–H and O–H groups in total. The molecule has 5 nitrogen and oxygen atoms in total. The molecule has 1 amide bonds. The lowest BCUT2D eigenvalue weighted by molar-refractivity contribution is -0.121. The largest absolute Gasteiger partial charge is 0.491 e. The lowest BCUT2D eigenvalue weighted by atomic mass is 10.0. The van der Waals surface area contributed by atoms with Crippen LogP contribution in [-0.2, 0) is 17.6 Å². The van der Waals surface area contributed by atoms with Crippen molar-refractivity contribution < 1.29 is 13.9 Å². The summed E-state index contributed by atoms with van der Waals surface area (Å²) in [5, 5.41) is 3.01. The third kappa shape index (κ3) is 3.55. The number of oxazole rings is 1. The Balaban J connectivity index is 1.36. The van der Waals surface area contributed by atoms with Crippen LogP contribution in [0.1, 0.15) is 11.3 Å². The second-order valence-electron chi connectivity index (χ2n) is 6.07. The van der Waals surface area contributed by atoms with Gasteiger partial charge in [-0.05, 0) is 30.2 Å². The standard InChI is InChI=1S/C20H18N2O3/c23-19(21-16-10-15-8-4-5-9-18(15)24-12-16)11-17-13-25-20(22-17)14-6-2-1-3-7-14/h1-9,13,16H,10-12H2,(H,21,23). The molecule has 1 aliphatic rings. The molecule has 0 spiro atoms. The van der Waals surface area contributed by atoms with E-state index in [1.807, 2.05) is 54.6 Å². The molecule has 0 saturated heterocycles. The van der Waals surface area contributed by atoms with Crippen molar-refractivity contribution >= 4 is 5.91 Å². The minimum atomic E-state index is -0.0825. The predicted molar refractivity (Wildman–Crippen MR) is 93.2 cm³/mol. The Morgan fingerprint density at radius 1 is 1.12 bits per heavy atom. The summed E-state index contributed by atoms with van der Waals surface area (Å²) in [4.78, 5) is 16.7. The monoisotopic (exact) mass is 334 g/mol. The number of hydrogen-bond donors (Lipinski definition) is 1. The van der Waals surface area contributed by atoms with Gasteiger partial charge in [-0.2, -0.15) is 0 Å². The number of ether oxygens (including phenoxy) is 1. The Labute approximate surface area is 145 Å². The van der Waals surface area contributed by atoms with Crippen LogP contribution in [-0.4, -0.2) is 23.5 Å². The zero-order valence-corrected chi connectivity index (χ0v) is 13.6. The van der Waals surface area contributed by atoms with Crippen LogP contribution in [0.5, 0.6) is 5.75 Å². The molecule has 1 atom stereocenters. The van der Waals surface area contributed by atoms with Crippen LogP contribution >= 0.6 is 0 Å². The molecule has 1 aliphatic heterocycles. The zero-order valence-electron chi connectivity index (χ0n) is 13.6. The quantitative estimate of drug-likeness (QED) is 0.796. The van der Waals surface area contributed by atoms with Gasteiger partial charge in [-0.1, -0.05) is 36.4 Å². The van der Waals surface area contributed by atoms with Gasteiger partial charge in [-0.3, -0.25) is 4.79 Å². The van der Waals surface area contributed by atoms with E-state index in [-0.39, 0.29) is 18.4 Å². The molecule has 5 heteroatoms. The summed E-state index contributed by atoms with van der Waals surface area (Å²) in [5.41, 5.74) is 2.63. The number of nitrogens with one attached hydrogen (secondary N) is 1. The van der Waals surface area contributed by atoms with E-state index in [4.69, 9.17) is 9.15 Å². The first-order chi connectivity index (χ1) is 12.3. The number of amides is 1. The van der Waals surface area contributed by atoms with Crippen LogP contribution in [0.3, 0.4) is 0 Å². The van der Waals surface area contributed by atoms with E-state index in [9.17, 15) is 4.79 Å². The summed E-state index contributed by atoms with van der Waals surface area (Å²) in [6.45, 7) is 0.483. The normalized spacial score (nSPS) is 15.9. The third-order valence-electron chi connectivity index (χ3n) is 4.16. The van der Waals surface area contributed by atoms with E-state index in [0.29, 0.717) is 18.2 Å². The van der Waals surface area contributed by atoms with Crippen molar-refractivity contribution in [3.63, 3.8) is 0 Å². The van der Waals surface area contributed by atoms with Gasteiger partial charge in [0.1, 0.15) is 18.6 Å². The fraction of sp³-hybridized carbons (Fsp3) is 0.200. The van der Waals surface area contributed by atoms with Gasteiger partial charge in [-0.15, -0.1) is 0 Å². The lowest BCUT2D eigenvalue weighted by Crippen LogP contribution is -2.43. The number of para-hydroxylation sites is 1. The number of rotatable bonds is 4. The molecular formula is C20H18N2O3. The highest BCUT2D eigenvalue weighted by Crippen LogP contribution is 2.24. The summed E-state index contributed by atoms with van der Waals surface area (Å²) >= 11 is 0. The fourth-order valence-electron chi connectivity index (χ4n) is 2.97. The first-order valence-corrected chi connectivity index (χ1v) is 8.28. The van der Waals surface area contributed by atoms with E-state index < -0.39 is 0 Å². The van der Waals surface area contributed by atoms with E-state index in [2.05, 4.69) is 10.3 Å². The van der Waals surface area contributed by atoms with Crippen molar-refractivity contribution in [3.05, 3.63) is 72.1 Å². The van der Waals surface area contributed by atoms with E-state index in [1.165, 1.54) is 6.26 Å². The van der Waals surface area contributed by atoms with Gasteiger partial charge in [0.2, 0.25) is 11.8 Å². The minimum Gasteiger partial charge on any atom is -0.491 e. The van der Waals surface area contributed by atoms with Gasteiger partial charge in [0.05, 0.1) is 18.2 Å². The Kier molecular flexibility index (Phi) is 4.21. The predicted octanol–water partition coefficient (Wildman–Crippen LogP) is 3.00. The molecule has 3 aromatic rings. The molecule has 0 fully saturated rings. The van der Waals surface area contributed by atoms with Crippen molar-refractivity contribution in [1.29, 1.82) is 0 Å². The highest BCUT2D eigenvalue weighted by atomic mass is 16.5. The smallest absolute Gasteiger partial charge is 0.226 e. The van der Waals surface area contributed by atoms with Gasteiger partial charge >= 0.3 is 0 Å². The van der Waals surface area contributed by atoms with Gasteiger partial charge in [0.15, 0.2) is 0 Å². The second kappa shape index (κ2) is 6.81. The lowest BCUT2D eigenvalue weighted by Gasteiger charge is -2.25. The third-order valence-corrected chi connectivity index (χ3v) is 4.16. The minimum absolute atomic E-state index is 0.0251. The highest BCUT2D eigenvalue weighted by molar-refractivity contribution is 5.78.